The molecule has 1 aromatic carbocycles. The van der Waals surface area contributed by atoms with Crippen molar-refractivity contribution in [2.75, 3.05) is 13.6 Å². The maximum Gasteiger partial charge on any atom is 0.176 e. The summed E-state index contributed by atoms with van der Waals surface area (Å²) in [4.78, 5) is 14.8. The predicted octanol–water partition coefficient (Wildman–Crippen LogP) is 1.88. The van der Waals surface area contributed by atoms with E-state index in [-0.39, 0.29) is 5.78 Å². The summed E-state index contributed by atoms with van der Waals surface area (Å²) >= 11 is 0. The standard InChI is InChI=1S/C12H14N2O/c1-8-5-10(11(15)7-13-2)6-9-3-4-14-12(8)9/h3-6,13-14H,7H2,1-2H3. The molecule has 0 aliphatic carbocycles. The number of aromatic amines is 1. The van der Waals surface area contributed by atoms with Gasteiger partial charge >= 0.3 is 0 Å². The van der Waals surface area contributed by atoms with Crippen LogP contribution in [0.2, 0.25) is 0 Å². The lowest BCUT2D eigenvalue weighted by molar-refractivity contribution is 0.0993. The first-order valence-corrected chi connectivity index (χ1v) is 4.98. The minimum absolute atomic E-state index is 0.128. The number of H-pyrrole nitrogens is 1. The number of hydrogen-bond acceptors (Lipinski definition) is 2. The van der Waals surface area contributed by atoms with E-state index in [2.05, 4.69) is 10.3 Å². The van der Waals surface area contributed by atoms with Gasteiger partial charge in [-0.1, -0.05) is 0 Å². The smallest absolute Gasteiger partial charge is 0.176 e. The molecule has 0 aliphatic rings. The molecule has 15 heavy (non-hydrogen) atoms. The number of aryl methyl sites for hydroxylation is 1. The highest BCUT2D eigenvalue weighted by molar-refractivity contribution is 6.01. The first-order valence-electron chi connectivity index (χ1n) is 4.98. The third-order valence-corrected chi connectivity index (χ3v) is 2.52. The van der Waals surface area contributed by atoms with Gasteiger partial charge in [0.05, 0.1) is 6.54 Å². The molecular formula is C12H14N2O. The number of aromatic nitrogens is 1. The highest BCUT2D eigenvalue weighted by Crippen LogP contribution is 2.19. The van der Waals surface area contributed by atoms with E-state index in [0.717, 1.165) is 22.0 Å². The Morgan fingerprint density at radius 1 is 1.47 bits per heavy atom. The van der Waals surface area contributed by atoms with E-state index in [1.165, 1.54) is 0 Å². The fraction of sp³-hybridized carbons (Fsp3) is 0.250. The number of ketones is 1. The number of hydrogen-bond donors (Lipinski definition) is 2. The number of Topliss-reactive ketones (excluding diaryl/α,β-unsaturated/α-hetero) is 1. The summed E-state index contributed by atoms with van der Waals surface area (Å²) in [5.41, 5.74) is 2.99. The van der Waals surface area contributed by atoms with E-state index in [0.29, 0.717) is 6.54 Å². The lowest BCUT2D eigenvalue weighted by Crippen LogP contribution is -2.18. The fourth-order valence-electron chi connectivity index (χ4n) is 1.78. The normalized spacial score (nSPS) is 10.8. The Morgan fingerprint density at radius 3 is 3.00 bits per heavy atom. The van der Waals surface area contributed by atoms with Crippen LogP contribution in [0.5, 0.6) is 0 Å². The average Bonchev–Trinajstić information content (AvgIpc) is 2.66. The molecule has 3 heteroatoms. The first-order chi connectivity index (χ1) is 7.22. The van der Waals surface area contributed by atoms with E-state index in [1.54, 1.807) is 7.05 Å². The first kappa shape index (κ1) is 9.93. The van der Waals surface area contributed by atoms with Gasteiger partial charge in [0.25, 0.3) is 0 Å². The number of carbonyl (C=O) groups excluding carboxylic acids is 1. The monoisotopic (exact) mass is 202 g/mol. The predicted molar refractivity (Wildman–Crippen MR) is 61.3 cm³/mol. The van der Waals surface area contributed by atoms with Gasteiger partial charge in [-0.15, -0.1) is 0 Å². The van der Waals surface area contributed by atoms with Gasteiger partial charge in [0.2, 0.25) is 0 Å². The molecule has 0 spiro atoms. The van der Waals surface area contributed by atoms with Crippen LogP contribution < -0.4 is 5.32 Å². The van der Waals surface area contributed by atoms with Crippen LogP contribution in [-0.2, 0) is 0 Å². The largest absolute Gasteiger partial charge is 0.361 e. The van der Waals surface area contributed by atoms with Crippen LogP contribution in [0, 0.1) is 6.92 Å². The zero-order valence-electron chi connectivity index (χ0n) is 8.92. The van der Waals surface area contributed by atoms with Crippen LogP contribution in [-0.4, -0.2) is 24.4 Å². The van der Waals surface area contributed by atoms with Gasteiger partial charge in [-0.05, 0) is 37.7 Å². The molecule has 0 aliphatic heterocycles. The van der Waals surface area contributed by atoms with Gasteiger partial charge in [-0.25, -0.2) is 0 Å². The van der Waals surface area contributed by atoms with Crippen molar-refractivity contribution in [2.24, 2.45) is 0 Å². The minimum Gasteiger partial charge on any atom is -0.361 e. The highest BCUT2D eigenvalue weighted by Gasteiger charge is 2.07. The molecule has 2 aromatic rings. The molecule has 1 aromatic heterocycles. The van der Waals surface area contributed by atoms with Crippen molar-refractivity contribution in [1.82, 2.24) is 10.3 Å². The number of benzene rings is 1. The van der Waals surface area contributed by atoms with E-state index >= 15 is 0 Å². The van der Waals surface area contributed by atoms with Gasteiger partial charge in [-0.2, -0.15) is 0 Å². The van der Waals surface area contributed by atoms with E-state index in [1.807, 2.05) is 31.3 Å². The number of rotatable bonds is 3. The highest BCUT2D eigenvalue weighted by atomic mass is 16.1. The molecule has 0 unspecified atom stereocenters. The summed E-state index contributed by atoms with van der Waals surface area (Å²) in [5.74, 6) is 0.128. The molecule has 0 bridgehead atoms. The van der Waals surface area contributed by atoms with Gasteiger partial charge in [-0.3, -0.25) is 4.79 Å². The van der Waals surface area contributed by atoms with Crippen LogP contribution in [0.15, 0.2) is 24.4 Å². The fourth-order valence-corrected chi connectivity index (χ4v) is 1.78. The molecule has 0 atom stereocenters. The van der Waals surface area contributed by atoms with E-state index in [4.69, 9.17) is 0 Å². The zero-order chi connectivity index (χ0) is 10.8. The summed E-state index contributed by atoms with van der Waals surface area (Å²) in [6, 6.07) is 5.84. The number of carbonyl (C=O) groups is 1. The van der Waals surface area contributed by atoms with Gasteiger partial charge in [0.1, 0.15) is 0 Å². The zero-order valence-corrected chi connectivity index (χ0v) is 8.92. The van der Waals surface area contributed by atoms with Crippen LogP contribution in [0.1, 0.15) is 15.9 Å². The molecular weight excluding hydrogens is 188 g/mol. The molecule has 1 heterocycles. The van der Waals surface area contributed by atoms with Gasteiger partial charge in [0.15, 0.2) is 5.78 Å². The van der Waals surface area contributed by atoms with Crippen molar-refractivity contribution in [3.05, 3.63) is 35.5 Å². The van der Waals surface area contributed by atoms with Crippen LogP contribution >= 0.6 is 0 Å². The van der Waals surface area contributed by atoms with Crippen molar-refractivity contribution < 1.29 is 4.79 Å². The van der Waals surface area contributed by atoms with Crippen LogP contribution in [0.4, 0.5) is 0 Å². The van der Waals surface area contributed by atoms with Crippen molar-refractivity contribution in [3.63, 3.8) is 0 Å². The molecule has 0 amide bonds. The summed E-state index contributed by atoms with van der Waals surface area (Å²) in [5, 5.41) is 3.96. The second-order valence-corrected chi connectivity index (χ2v) is 3.69. The Kier molecular flexibility index (Phi) is 2.56. The van der Waals surface area contributed by atoms with Crippen molar-refractivity contribution in [1.29, 1.82) is 0 Å². The number of fused-ring (bicyclic) bond motifs is 1. The Morgan fingerprint density at radius 2 is 2.27 bits per heavy atom. The second-order valence-electron chi connectivity index (χ2n) is 3.69. The second kappa shape index (κ2) is 3.87. The Labute approximate surface area is 88.5 Å². The van der Waals surface area contributed by atoms with E-state index in [9.17, 15) is 4.79 Å². The number of nitrogens with one attached hydrogen (secondary N) is 2. The minimum atomic E-state index is 0.128. The molecule has 2 rings (SSSR count). The molecule has 3 nitrogen and oxygen atoms in total. The molecule has 0 saturated carbocycles. The summed E-state index contributed by atoms with van der Waals surface area (Å²) < 4.78 is 0. The van der Waals surface area contributed by atoms with Crippen molar-refractivity contribution >= 4 is 16.7 Å². The van der Waals surface area contributed by atoms with E-state index < -0.39 is 0 Å². The SMILES string of the molecule is CNCC(=O)c1cc(C)c2[nH]ccc2c1. The Hall–Kier alpha value is -1.61. The maximum atomic E-state index is 11.7. The van der Waals surface area contributed by atoms with Crippen molar-refractivity contribution in [3.8, 4) is 0 Å². The average molecular weight is 202 g/mol. The molecule has 0 fully saturated rings. The quantitative estimate of drug-likeness (QED) is 0.746. The summed E-state index contributed by atoms with van der Waals surface area (Å²) in [7, 11) is 1.78. The third-order valence-electron chi connectivity index (χ3n) is 2.52. The molecule has 0 saturated heterocycles. The summed E-state index contributed by atoms with van der Waals surface area (Å²) in [6.45, 7) is 2.39. The van der Waals surface area contributed by atoms with Crippen molar-refractivity contribution in [2.45, 2.75) is 6.92 Å². The van der Waals surface area contributed by atoms with Gasteiger partial charge in [0, 0.05) is 22.7 Å². The summed E-state index contributed by atoms with van der Waals surface area (Å²) in [6.07, 6.45) is 1.89. The van der Waals surface area contributed by atoms with Crippen LogP contribution in [0.3, 0.4) is 0 Å². The van der Waals surface area contributed by atoms with Crippen LogP contribution in [0.25, 0.3) is 10.9 Å². The Balaban J connectivity index is 2.49. The molecule has 78 valence electrons. The molecule has 2 N–H and O–H groups in total. The maximum absolute atomic E-state index is 11.7. The lowest BCUT2D eigenvalue weighted by atomic mass is 10.0. The Bertz CT molecular complexity index is 499. The number of likely N-dealkylation sites (N-methyl/N-ethyl adjacent to an activating group) is 1. The molecule has 0 radical (unpaired) electrons. The lowest BCUT2D eigenvalue weighted by Gasteiger charge is -2.03. The third kappa shape index (κ3) is 1.78. The topological polar surface area (TPSA) is 44.9 Å². The van der Waals surface area contributed by atoms with Gasteiger partial charge < -0.3 is 10.3 Å².